The molecule has 4 aromatic carbocycles. The maximum Gasteiger partial charge on any atom is 0.141 e. The van der Waals surface area contributed by atoms with Crippen molar-refractivity contribution in [1.82, 2.24) is 19.3 Å². The monoisotopic (exact) mass is 648 g/mol. The number of para-hydroxylation sites is 1. The molecule has 0 radical (unpaired) electrons. The Kier molecular flexibility index (Phi) is 7.86. The molecule has 7 aromatic rings. The van der Waals surface area contributed by atoms with Crippen molar-refractivity contribution in [3.63, 3.8) is 0 Å². The van der Waals surface area contributed by atoms with Crippen molar-refractivity contribution in [2.75, 3.05) is 7.11 Å². The van der Waals surface area contributed by atoms with Gasteiger partial charge in [0.05, 0.1) is 30.0 Å². The van der Waals surface area contributed by atoms with Gasteiger partial charge in [0.15, 0.2) is 0 Å². The molecule has 0 aliphatic carbocycles. The SMILES string of the molecule is COc1ccnc(-n2c3ccccc3c3ccc(Oc4cccc(-n5cc(-c6c(C(C)(C)C)c(C)cc(C)c6C(C)(C)C)cn5)c4)cc32)c1. The van der Waals surface area contributed by atoms with E-state index >= 15 is 0 Å². The van der Waals surface area contributed by atoms with Crippen LogP contribution in [0.5, 0.6) is 17.2 Å². The van der Waals surface area contributed by atoms with Crippen LogP contribution < -0.4 is 9.47 Å². The van der Waals surface area contributed by atoms with Gasteiger partial charge in [0.25, 0.3) is 0 Å². The van der Waals surface area contributed by atoms with Crippen molar-refractivity contribution in [1.29, 1.82) is 0 Å². The van der Waals surface area contributed by atoms with Crippen molar-refractivity contribution < 1.29 is 9.47 Å². The van der Waals surface area contributed by atoms with E-state index in [1.165, 1.54) is 27.8 Å². The van der Waals surface area contributed by atoms with Crippen molar-refractivity contribution in [3.05, 3.63) is 126 Å². The van der Waals surface area contributed by atoms with E-state index in [-0.39, 0.29) is 10.8 Å². The van der Waals surface area contributed by atoms with Gasteiger partial charge in [-0.2, -0.15) is 5.10 Å². The standard InChI is InChI=1S/C43H44N4O2/c1-27-21-28(2)41(43(6,7)8)39(40(27)42(3,4)5)29-25-45-46(26-29)30-13-12-14-32(22-30)49-33-17-18-35-34-15-10-11-16-36(34)47(37(35)23-33)38-24-31(48-9)19-20-44-38/h10-26H,1-9H3. The first-order chi connectivity index (χ1) is 23.3. The summed E-state index contributed by atoms with van der Waals surface area (Å²) in [7, 11) is 1.67. The van der Waals surface area contributed by atoms with Crippen LogP contribution in [0.3, 0.4) is 0 Å². The summed E-state index contributed by atoms with van der Waals surface area (Å²) in [4.78, 5) is 4.69. The molecule has 6 nitrogen and oxygen atoms in total. The zero-order chi connectivity index (χ0) is 34.7. The molecule has 0 saturated heterocycles. The molecule has 0 saturated carbocycles. The van der Waals surface area contributed by atoms with Crippen LogP contribution in [-0.2, 0) is 10.8 Å². The number of benzene rings is 4. The van der Waals surface area contributed by atoms with Crippen LogP contribution in [0.4, 0.5) is 0 Å². The molecule has 0 aliphatic rings. The fourth-order valence-corrected chi connectivity index (χ4v) is 7.54. The first-order valence-corrected chi connectivity index (χ1v) is 16.9. The van der Waals surface area contributed by atoms with Crippen LogP contribution in [0.25, 0.3) is 44.4 Å². The molecule has 7 rings (SSSR count). The quantitative estimate of drug-likeness (QED) is 0.180. The normalized spacial score (nSPS) is 12.2. The third-order valence-electron chi connectivity index (χ3n) is 9.24. The Bertz CT molecular complexity index is 2310. The number of rotatable bonds is 6. The number of nitrogens with zero attached hydrogens (tertiary/aromatic N) is 4. The number of hydrogen-bond acceptors (Lipinski definition) is 4. The summed E-state index contributed by atoms with van der Waals surface area (Å²) >= 11 is 0. The number of methoxy groups -OCH3 is 1. The Morgan fingerprint density at radius 2 is 1.35 bits per heavy atom. The molecule has 0 aliphatic heterocycles. The fourth-order valence-electron chi connectivity index (χ4n) is 7.54. The zero-order valence-corrected chi connectivity index (χ0v) is 29.9. The summed E-state index contributed by atoms with van der Waals surface area (Å²) in [5, 5.41) is 7.16. The largest absolute Gasteiger partial charge is 0.497 e. The topological polar surface area (TPSA) is 54.1 Å². The number of aryl methyl sites for hydroxylation is 2. The second-order valence-corrected chi connectivity index (χ2v) is 15.0. The van der Waals surface area contributed by atoms with E-state index in [4.69, 9.17) is 19.6 Å². The van der Waals surface area contributed by atoms with E-state index in [2.05, 4.69) is 115 Å². The summed E-state index contributed by atoms with van der Waals surface area (Å²) in [5.74, 6) is 3.00. The summed E-state index contributed by atoms with van der Waals surface area (Å²) in [5.41, 5.74) is 10.7. The highest BCUT2D eigenvalue weighted by atomic mass is 16.5. The Labute approximate surface area is 289 Å². The molecular formula is C43H44N4O2. The second kappa shape index (κ2) is 12.0. The second-order valence-electron chi connectivity index (χ2n) is 15.0. The fraction of sp³-hybridized carbons (Fsp3) is 0.256. The van der Waals surface area contributed by atoms with E-state index < -0.39 is 0 Å². The minimum absolute atomic E-state index is 0.0293. The molecule has 3 aromatic heterocycles. The van der Waals surface area contributed by atoms with Gasteiger partial charge in [-0.25, -0.2) is 9.67 Å². The lowest BCUT2D eigenvalue weighted by molar-refractivity contribution is 0.414. The van der Waals surface area contributed by atoms with Gasteiger partial charge in [-0.3, -0.25) is 4.57 Å². The molecule has 0 N–H and O–H groups in total. The van der Waals surface area contributed by atoms with Gasteiger partial charge in [-0.05, 0) is 88.9 Å². The van der Waals surface area contributed by atoms with Gasteiger partial charge >= 0.3 is 0 Å². The number of ether oxygens (including phenoxy) is 2. The van der Waals surface area contributed by atoms with Crippen LogP contribution in [0, 0.1) is 13.8 Å². The summed E-state index contributed by atoms with van der Waals surface area (Å²) in [6, 6.07) is 28.9. The van der Waals surface area contributed by atoms with E-state index in [0.29, 0.717) is 0 Å². The van der Waals surface area contributed by atoms with Crippen LogP contribution in [0.2, 0.25) is 0 Å². The van der Waals surface area contributed by atoms with Gasteiger partial charge < -0.3 is 9.47 Å². The Hall–Kier alpha value is -5.36. The van der Waals surface area contributed by atoms with E-state index in [1.807, 2.05) is 47.3 Å². The average molecular weight is 649 g/mol. The summed E-state index contributed by atoms with van der Waals surface area (Å²) < 4.78 is 16.2. The van der Waals surface area contributed by atoms with E-state index in [0.717, 1.165) is 56.1 Å². The van der Waals surface area contributed by atoms with Crippen LogP contribution in [0.1, 0.15) is 63.8 Å². The molecular weight excluding hydrogens is 604 g/mol. The lowest BCUT2D eigenvalue weighted by Crippen LogP contribution is -2.22. The predicted molar refractivity (Wildman–Crippen MR) is 201 cm³/mol. The molecule has 0 unspecified atom stereocenters. The molecule has 0 atom stereocenters. The van der Waals surface area contributed by atoms with Crippen molar-refractivity contribution in [2.24, 2.45) is 0 Å². The molecule has 0 amide bonds. The van der Waals surface area contributed by atoms with Crippen LogP contribution in [0.15, 0.2) is 104 Å². The first-order valence-electron chi connectivity index (χ1n) is 16.9. The molecule has 248 valence electrons. The van der Waals surface area contributed by atoms with Crippen molar-refractivity contribution >= 4 is 21.8 Å². The summed E-state index contributed by atoms with van der Waals surface area (Å²) in [6.45, 7) is 18.3. The average Bonchev–Trinajstić information content (AvgIpc) is 3.67. The molecule has 0 fully saturated rings. The minimum Gasteiger partial charge on any atom is -0.497 e. The Morgan fingerprint density at radius 1 is 0.653 bits per heavy atom. The molecule has 0 bridgehead atoms. The number of hydrogen-bond donors (Lipinski definition) is 0. The van der Waals surface area contributed by atoms with Crippen molar-refractivity contribution in [2.45, 2.75) is 66.2 Å². The number of aromatic nitrogens is 4. The minimum atomic E-state index is -0.0293. The zero-order valence-electron chi connectivity index (χ0n) is 29.9. The van der Waals surface area contributed by atoms with Crippen LogP contribution >= 0.6 is 0 Å². The Morgan fingerprint density at radius 3 is 2.06 bits per heavy atom. The maximum atomic E-state index is 6.53. The van der Waals surface area contributed by atoms with Gasteiger partial charge in [0.2, 0.25) is 0 Å². The highest BCUT2D eigenvalue weighted by Crippen LogP contribution is 2.44. The number of fused-ring (bicyclic) bond motifs is 3. The van der Waals surface area contributed by atoms with Gasteiger partial charge in [-0.1, -0.05) is 71.9 Å². The predicted octanol–water partition coefficient (Wildman–Crippen LogP) is 11.0. The molecule has 6 heteroatoms. The third kappa shape index (κ3) is 5.86. The van der Waals surface area contributed by atoms with E-state index in [1.54, 1.807) is 13.3 Å². The van der Waals surface area contributed by atoms with Crippen molar-refractivity contribution in [3.8, 4) is 39.9 Å². The maximum absolute atomic E-state index is 6.53. The first kappa shape index (κ1) is 32.2. The number of pyridine rings is 1. The van der Waals surface area contributed by atoms with E-state index in [9.17, 15) is 0 Å². The highest BCUT2D eigenvalue weighted by molar-refractivity contribution is 6.09. The third-order valence-corrected chi connectivity index (χ3v) is 9.24. The van der Waals surface area contributed by atoms with Gasteiger partial charge in [0, 0.05) is 46.9 Å². The lowest BCUT2D eigenvalue weighted by Gasteiger charge is -2.33. The van der Waals surface area contributed by atoms with Gasteiger partial charge in [-0.15, -0.1) is 0 Å². The molecule has 0 spiro atoms. The summed E-state index contributed by atoms with van der Waals surface area (Å²) in [6.07, 6.45) is 5.93. The smallest absolute Gasteiger partial charge is 0.141 e. The molecule has 49 heavy (non-hydrogen) atoms. The Balaban J connectivity index is 1.28. The lowest BCUT2D eigenvalue weighted by atomic mass is 9.71. The molecule has 3 heterocycles. The van der Waals surface area contributed by atoms with Crippen LogP contribution in [-0.4, -0.2) is 26.4 Å². The highest BCUT2D eigenvalue weighted by Gasteiger charge is 2.30. The van der Waals surface area contributed by atoms with Gasteiger partial charge in [0.1, 0.15) is 23.1 Å².